The first-order valence-corrected chi connectivity index (χ1v) is 8.47. The zero-order chi connectivity index (χ0) is 15.4. The first kappa shape index (κ1) is 18.3. The molecule has 0 spiro atoms. The normalized spacial score (nSPS) is 11.7. The fourth-order valence-electron chi connectivity index (χ4n) is 2.09. The maximum absolute atomic E-state index is 10.9. The van der Waals surface area contributed by atoms with E-state index in [1.54, 1.807) is 41.4 Å². The van der Waals surface area contributed by atoms with Gasteiger partial charge in [0.05, 0.1) is 17.1 Å². The van der Waals surface area contributed by atoms with Gasteiger partial charge in [0.15, 0.2) is 0 Å². The Labute approximate surface area is 164 Å². The molecular weight excluding hydrogens is 339 g/mol. The Balaban J connectivity index is 0.00000192. The monoisotopic (exact) mass is 354 g/mol. The Morgan fingerprint density at radius 3 is 2.65 bits per heavy atom. The van der Waals surface area contributed by atoms with Gasteiger partial charge in [-0.1, -0.05) is 6.07 Å². The van der Waals surface area contributed by atoms with Gasteiger partial charge in [-0.25, -0.2) is 9.78 Å². The number of benzene rings is 1. The molecule has 7 heteroatoms. The van der Waals surface area contributed by atoms with Crippen LogP contribution in [0.25, 0.3) is 0 Å². The van der Waals surface area contributed by atoms with E-state index in [0.717, 1.165) is 11.4 Å². The molecule has 0 aliphatic rings. The molecule has 0 aliphatic heterocycles. The van der Waals surface area contributed by atoms with E-state index in [1.807, 2.05) is 24.7 Å². The molecule has 0 radical (unpaired) electrons. The van der Waals surface area contributed by atoms with E-state index >= 15 is 0 Å². The minimum atomic E-state index is -0.898. The fraction of sp³-hybridized carbons (Fsp3) is 0.125. The van der Waals surface area contributed by atoms with Crippen molar-refractivity contribution < 1.29 is 9.90 Å². The van der Waals surface area contributed by atoms with Crippen LogP contribution < -0.4 is 0 Å². The van der Waals surface area contributed by atoms with Gasteiger partial charge in [-0.3, -0.25) is 0 Å². The van der Waals surface area contributed by atoms with Crippen LogP contribution in [0.5, 0.6) is 0 Å². The van der Waals surface area contributed by atoms with Gasteiger partial charge < -0.3 is 9.67 Å². The number of hydrogen-bond acceptors (Lipinski definition) is 4. The van der Waals surface area contributed by atoms with Gasteiger partial charge in [0.25, 0.3) is 0 Å². The Kier molecular flexibility index (Phi) is 6.92. The predicted molar refractivity (Wildman–Crippen MR) is 95.7 cm³/mol. The molecule has 4 nitrogen and oxygen atoms in total. The van der Waals surface area contributed by atoms with Gasteiger partial charge in [-0.2, -0.15) is 0 Å². The van der Waals surface area contributed by atoms with Crippen LogP contribution in [0.4, 0.5) is 0 Å². The number of hydrogen-bond donors (Lipinski definition) is 1. The third kappa shape index (κ3) is 4.96. The van der Waals surface area contributed by atoms with Gasteiger partial charge in [-0.15, -0.1) is 23.1 Å². The second kappa shape index (κ2) is 8.70. The van der Waals surface area contributed by atoms with Crippen LogP contribution in [0.15, 0.2) is 65.4 Å². The van der Waals surface area contributed by atoms with Crippen LogP contribution in [0.2, 0.25) is 0 Å². The molecule has 3 rings (SSSR count). The van der Waals surface area contributed by atoms with Crippen LogP contribution >= 0.6 is 23.1 Å². The number of thioether (sulfide) groups is 1. The Morgan fingerprint density at radius 2 is 2.09 bits per heavy atom. The van der Waals surface area contributed by atoms with E-state index < -0.39 is 5.97 Å². The molecule has 1 atom stereocenters. The summed E-state index contributed by atoms with van der Waals surface area (Å²) in [7, 11) is 0. The van der Waals surface area contributed by atoms with E-state index in [0.29, 0.717) is 5.56 Å². The van der Waals surface area contributed by atoms with Crippen molar-refractivity contribution in [3.63, 3.8) is 0 Å². The number of carbonyl (C=O) groups is 1. The summed E-state index contributed by atoms with van der Waals surface area (Å²) in [5, 5.41) is 11.3. The number of nitrogens with zero attached hydrogens (tertiary/aromatic N) is 2. The third-order valence-corrected chi connectivity index (χ3v) is 5.54. The van der Waals surface area contributed by atoms with Gasteiger partial charge in [0.1, 0.15) is 0 Å². The molecule has 0 fully saturated rings. The molecule has 0 amide bonds. The van der Waals surface area contributed by atoms with Crippen molar-refractivity contribution >= 4 is 58.6 Å². The molecule has 0 saturated heterocycles. The van der Waals surface area contributed by atoms with Gasteiger partial charge in [0.2, 0.25) is 0 Å². The van der Waals surface area contributed by atoms with Crippen molar-refractivity contribution in [2.75, 3.05) is 0 Å². The minimum absolute atomic E-state index is 0. The van der Waals surface area contributed by atoms with E-state index in [-0.39, 0.29) is 34.8 Å². The van der Waals surface area contributed by atoms with Crippen molar-refractivity contribution in [1.82, 2.24) is 9.55 Å². The zero-order valence-corrected chi connectivity index (χ0v) is 13.3. The fourth-order valence-corrected chi connectivity index (χ4v) is 4.16. The third-order valence-electron chi connectivity index (χ3n) is 3.18. The molecule has 114 valence electrons. The van der Waals surface area contributed by atoms with Crippen molar-refractivity contribution in [3.8, 4) is 0 Å². The van der Waals surface area contributed by atoms with Crippen LogP contribution in [0, 0.1) is 0 Å². The molecule has 3 aromatic rings. The molecule has 1 aromatic carbocycles. The summed E-state index contributed by atoms with van der Waals surface area (Å²) < 4.78 is 2.06. The number of carboxylic acids is 1. The maximum atomic E-state index is 10.9. The zero-order valence-electron chi connectivity index (χ0n) is 11.6. The van der Waals surface area contributed by atoms with Crippen LogP contribution in [-0.4, -0.2) is 50.2 Å². The van der Waals surface area contributed by atoms with E-state index in [1.165, 1.54) is 4.88 Å². The van der Waals surface area contributed by atoms with Crippen molar-refractivity contribution in [3.05, 3.63) is 70.9 Å². The summed E-state index contributed by atoms with van der Waals surface area (Å²) >= 11 is 3.47. The average molecular weight is 354 g/mol. The molecule has 1 unspecified atom stereocenters. The number of thiophene rings is 1. The van der Waals surface area contributed by atoms with Crippen molar-refractivity contribution in [2.45, 2.75) is 16.7 Å². The Bertz CT molecular complexity index is 728. The molecule has 1 N–H and O–H groups in total. The summed E-state index contributed by atoms with van der Waals surface area (Å²) in [5.41, 5.74) is 0.312. The molecule has 0 saturated carbocycles. The topological polar surface area (TPSA) is 55.1 Å². The summed E-state index contributed by atoms with van der Waals surface area (Å²) in [5.74, 6) is -0.898. The first-order valence-electron chi connectivity index (χ1n) is 6.71. The summed E-state index contributed by atoms with van der Waals surface area (Å²) in [4.78, 5) is 17.4. The van der Waals surface area contributed by atoms with E-state index in [9.17, 15) is 4.79 Å². The van der Waals surface area contributed by atoms with Gasteiger partial charge in [-0.05, 0) is 35.7 Å². The molecule has 0 aliphatic carbocycles. The number of imidazole rings is 1. The van der Waals surface area contributed by atoms with Gasteiger partial charge >= 0.3 is 35.5 Å². The SMILES string of the molecule is O=C(O)c1ccc(SC(Cn2ccnc2)c2cccs2)cc1.[NaH]. The molecule has 0 bridgehead atoms. The van der Waals surface area contributed by atoms with E-state index in [4.69, 9.17) is 5.11 Å². The summed E-state index contributed by atoms with van der Waals surface area (Å²) in [6.45, 7) is 0.825. The number of carboxylic acid groups (broad SMARTS) is 1. The van der Waals surface area contributed by atoms with E-state index in [2.05, 4.69) is 27.1 Å². The standard InChI is InChI=1S/C16H14N2O2S2.Na.H/c19-16(20)12-3-5-13(6-4-12)22-15(14-2-1-9-21-14)10-18-8-7-17-11-18;;/h1-9,11,15H,10H2,(H,19,20);;. The van der Waals surface area contributed by atoms with Crippen molar-refractivity contribution in [2.24, 2.45) is 0 Å². The number of aromatic nitrogens is 2. The van der Waals surface area contributed by atoms with Crippen LogP contribution in [-0.2, 0) is 6.54 Å². The van der Waals surface area contributed by atoms with Gasteiger partial charge in [0, 0.05) is 28.7 Å². The van der Waals surface area contributed by atoms with Crippen LogP contribution in [0.3, 0.4) is 0 Å². The predicted octanol–water partition coefficient (Wildman–Crippen LogP) is 3.53. The summed E-state index contributed by atoms with van der Waals surface area (Å²) in [6.07, 6.45) is 5.54. The average Bonchev–Trinajstić information content (AvgIpc) is 3.20. The van der Waals surface area contributed by atoms with Crippen LogP contribution in [0.1, 0.15) is 20.5 Å². The molecule has 23 heavy (non-hydrogen) atoms. The molecular formula is C16H15N2NaO2S2. The summed E-state index contributed by atoms with van der Waals surface area (Å²) in [6, 6.07) is 11.2. The second-order valence-corrected chi connectivity index (χ2v) is 6.97. The molecule has 2 heterocycles. The Morgan fingerprint density at radius 1 is 1.30 bits per heavy atom. The molecule has 2 aromatic heterocycles. The number of rotatable bonds is 6. The van der Waals surface area contributed by atoms with Crippen molar-refractivity contribution in [1.29, 1.82) is 0 Å². The number of aromatic carboxylic acids is 1. The second-order valence-electron chi connectivity index (χ2n) is 4.71. The Hall–Kier alpha value is -1.05. The first-order chi connectivity index (χ1) is 10.7. The quantitative estimate of drug-likeness (QED) is 0.543.